The van der Waals surface area contributed by atoms with Crippen molar-refractivity contribution < 1.29 is 14.6 Å². The molecule has 3 rings (SSSR count). The lowest BCUT2D eigenvalue weighted by Crippen LogP contribution is -2.32. The fraction of sp³-hybridized carbons (Fsp3) is 0.647. The lowest BCUT2D eigenvalue weighted by Gasteiger charge is -2.26. The van der Waals surface area contributed by atoms with Gasteiger partial charge in [-0.25, -0.2) is 0 Å². The van der Waals surface area contributed by atoms with E-state index in [0.29, 0.717) is 12.6 Å². The summed E-state index contributed by atoms with van der Waals surface area (Å²) in [4.78, 5) is 2.46. The molecule has 0 radical (unpaired) electrons. The highest BCUT2D eigenvalue weighted by Gasteiger charge is 2.35. The van der Waals surface area contributed by atoms with Gasteiger partial charge in [0.1, 0.15) is 11.5 Å². The second-order valence-corrected chi connectivity index (χ2v) is 6.25. The van der Waals surface area contributed by atoms with E-state index in [0.717, 1.165) is 29.5 Å². The molecule has 2 aliphatic rings. The Morgan fingerprint density at radius 3 is 2.52 bits per heavy atom. The van der Waals surface area contributed by atoms with Crippen LogP contribution in [0.2, 0.25) is 0 Å². The molecule has 0 heterocycles. The third-order valence-electron chi connectivity index (χ3n) is 4.46. The fourth-order valence-electron chi connectivity index (χ4n) is 2.86. The van der Waals surface area contributed by atoms with Gasteiger partial charge in [0.2, 0.25) is 0 Å². The predicted molar refractivity (Wildman–Crippen MR) is 81.8 cm³/mol. The quantitative estimate of drug-likeness (QED) is 0.799. The van der Waals surface area contributed by atoms with Crippen LogP contribution in [0.4, 0.5) is 0 Å². The van der Waals surface area contributed by atoms with Gasteiger partial charge in [0.05, 0.1) is 20.3 Å². The van der Waals surface area contributed by atoms with Crippen molar-refractivity contribution in [2.45, 2.75) is 37.8 Å². The van der Waals surface area contributed by atoms with Gasteiger partial charge < -0.3 is 14.6 Å². The maximum Gasteiger partial charge on any atom is 0.124 e. The van der Waals surface area contributed by atoms with Crippen molar-refractivity contribution in [3.05, 3.63) is 23.8 Å². The summed E-state index contributed by atoms with van der Waals surface area (Å²) in [5, 5.41) is 10.7. The van der Waals surface area contributed by atoms with Gasteiger partial charge in [-0.2, -0.15) is 0 Å². The predicted octanol–water partition coefficient (Wildman–Crippen LogP) is 2.61. The molecule has 2 saturated carbocycles. The van der Waals surface area contributed by atoms with E-state index in [9.17, 15) is 5.11 Å². The number of nitrogens with zero attached hydrogens (tertiary/aromatic N) is 1. The van der Waals surface area contributed by atoms with Crippen LogP contribution < -0.4 is 9.47 Å². The normalized spacial score (nSPS) is 19.6. The van der Waals surface area contributed by atoms with Crippen molar-refractivity contribution in [2.75, 3.05) is 27.3 Å². The van der Waals surface area contributed by atoms with Crippen LogP contribution in [0.25, 0.3) is 0 Å². The molecule has 2 aliphatic carbocycles. The van der Waals surface area contributed by atoms with E-state index in [-0.39, 0.29) is 0 Å². The SMILES string of the molecule is COc1ccc(OC)c(C(O)CN(CC2CC2)C2CC2)c1. The van der Waals surface area contributed by atoms with Gasteiger partial charge in [0.15, 0.2) is 0 Å². The van der Waals surface area contributed by atoms with E-state index in [4.69, 9.17) is 9.47 Å². The molecule has 0 spiro atoms. The number of ether oxygens (including phenoxy) is 2. The van der Waals surface area contributed by atoms with Crippen LogP contribution in [0, 0.1) is 5.92 Å². The number of methoxy groups -OCH3 is 2. The monoisotopic (exact) mass is 291 g/mol. The first kappa shape index (κ1) is 14.7. The van der Waals surface area contributed by atoms with Crippen LogP contribution in [0.15, 0.2) is 18.2 Å². The maximum absolute atomic E-state index is 10.7. The van der Waals surface area contributed by atoms with Gasteiger partial charge >= 0.3 is 0 Å². The first-order valence-electron chi connectivity index (χ1n) is 7.85. The number of rotatable bonds is 8. The molecule has 4 heteroatoms. The minimum absolute atomic E-state index is 0.533. The van der Waals surface area contributed by atoms with Gasteiger partial charge in [0.25, 0.3) is 0 Å². The second-order valence-electron chi connectivity index (χ2n) is 6.25. The maximum atomic E-state index is 10.7. The molecule has 1 aromatic rings. The summed E-state index contributed by atoms with van der Waals surface area (Å²) in [6, 6.07) is 6.28. The average Bonchev–Trinajstić information content (AvgIpc) is 3.38. The lowest BCUT2D eigenvalue weighted by atomic mass is 10.1. The first-order valence-corrected chi connectivity index (χ1v) is 7.85. The average molecular weight is 291 g/mol. The van der Waals surface area contributed by atoms with Crippen molar-refractivity contribution in [3.63, 3.8) is 0 Å². The number of hydrogen-bond donors (Lipinski definition) is 1. The third kappa shape index (κ3) is 3.69. The van der Waals surface area contributed by atoms with E-state index < -0.39 is 6.10 Å². The van der Waals surface area contributed by atoms with Gasteiger partial charge in [-0.15, -0.1) is 0 Å². The molecule has 116 valence electrons. The summed E-state index contributed by atoms with van der Waals surface area (Å²) < 4.78 is 10.6. The van der Waals surface area contributed by atoms with Crippen molar-refractivity contribution >= 4 is 0 Å². The molecular weight excluding hydrogens is 266 g/mol. The third-order valence-corrected chi connectivity index (χ3v) is 4.46. The lowest BCUT2D eigenvalue weighted by molar-refractivity contribution is 0.103. The van der Waals surface area contributed by atoms with E-state index in [2.05, 4.69) is 4.90 Å². The number of aliphatic hydroxyl groups excluding tert-OH is 1. The standard InChI is InChI=1S/C17H25NO3/c1-20-14-7-8-17(21-2)15(9-14)16(19)11-18(13-5-6-13)10-12-3-4-12/h7-9,12-13,16,19H,3-6,10-11H2,1-2H3. The number of hydrogen-bond acceptors (Lipinski definition) is 4. The minimum atomic E-state index is -0.533. The number of benzene rings is 1. The van der Waals surface area contributed by atoms with E-state index in [1.807, 2.05) is 18.2 Å². The Labute approximate surface area is 126 Å². The molecule has 0 saturated heterocycles. The number of aliphatic hydroxyl groups is 1. The molecule has 0 amide bonds. The topological polar surface area (TPSA) is 41.9 Å². The summed E-state index contributed by atoms with van der Waals surface area (Å²) in [5.74, 6) is 2.33. The summed E-state index contributed by atoms with van der Waals surface area (Å²) >= 11 is 0. The highest BCUT2D eigenvalue weighted by Crippen LogP contribution is 2.37. The molecule has 0 aliphatic heterocycles. The summed E-state index contributed by atoms with van der Waals surface area (Å²) in [7, 11) is 3.28. The van der Waals surface area contributed by atoms with Crippen LogP contribution in [0.5, 0.6) is 11.5 Å². The van der Waals surface area contributed by atoms with Crippen LogP contribution in [-0.4, -0.2) is 43.4 Å². The fourth-order valence-corrected chi connectivity index (χ4v) is 2.86. The summed E-state index contributed by atoms with van der Waals surface area (Å²) in [6.45, 7) is 1.82. The molecule has 1 aromatic carbocycles. The molecule has 1 unspecified atom stereocenters. The van der Waals surface area contributed by atoms with Crippen molar-refractivity contribution in [1.82, 2.24) is 4.90 Å². The first-order chi connectivity index (χ1) is 10.2. The minimum Gasteiger partial charge on any atom is -0.497 e. The highest BCUT2D eigenvalue weighted by molar-refractivity contribution is 5.41. The van der Waals surface area contributed by atoms with Gasteiger partial charge in [0, 0.05) is 24.7 Å². The molecule has 4 nitrogen and oxygen atoms in total. The summed E-state index contributed by atoms with van der Waals surface area (Å²) in [5.41, 5.74) is 0.818. The largest absolute Gasteiger partial charge is 0.497 e. The highest BCUT2D eigenvalue weighted by atomic mass is 16.5. The van der Waals surface area contributed by atoms with Crippen LogP contribution in [0.3, 0.4) is 0 Å². The Hall–Kier alpha value is -1.26. The molecular formula is C17H25NO3. The Morgan fingerprint density at radius 1 is 1.19 bits per heavy atom. The Kier molecular flexibility index (Phi) is 4.36. The zero-order valence-corrected chi connectivity index (χ0v) is 12.9. The molecule has 0 bridgehead atoms. The van der Waals surface area contributed by atoms with Gasteiger partial charge in [-0.1, -0.05) is 0 Å². The van der Waals surface area contributed by atoms with Crippen LogP contribution in [-0.2, 0) is 0 Å². The van der Waals surface area contributed by atoms with Crippen molar-refractivity contribution in [2.24, 2.45) is 5.92 Å². The molecule has 2 fully saturated rings. The molecule has 21 heavy (non-hydrogen) atoms. The smallest absolute Gasteiger partial charge is 0.124 e. The van der Waals surface area contributed by atoms with Gasteiger partial charge in [-0.3, -0.25) is 4.90 Å². The Bertz CT molecular complexity index is 483. The van der Waals surface area contributed by atoms with Gasteiger partial charge in [-0.05, 0) is 49.8 Å². The Morgan fingerprint density at radius 2 is 1.95 bits per heavy atom. The van der Waals surface area contributed by atoms with E-state index >= 15 is 0 Å². The second kappa shape index (κ2) is 6.24. The van der Waals surface area contributed by atoms with Crippen LogP contribution in [0.1, 0.15) is 37.4 Å². The van der Waals surface area contributed by atoms with Crippen LogP contribution >= 0.6 is 0 Å². The molecule has 0 aromatic heterocycles. The Balaban J connectivity index is 1.71. The van der Waals surface area contributed by atoms with Crippen molar-refractivity contribution in [3.8, 4) is 11.5 Å². The summed E-state index contributed by atoms with van der Waals surface area (Å²) in [6.07, 6.45) is 4.71. The zero-order chi connectivity index (χ0) is 14.8. The molecule has 1 N–H and O–H groups in total. The molecule has 1 atom stereocenters. The van der Waals surface area contributed by atoms with E-state index in [1.54, 1.807) is 14.2 Å². The van der Waals surface area contributed by atoms with E-state index in [1.165, 1.54) is 25.7 Å². The zero-order valence-electron chi connectivity index (χ0n) is 12.9. The van der Waals surface area contributed by atoms with Crippen molar-refractivity contribution in [1.29, 1.82) is 0 Å².